The minimum Gasteiger partial charge on any atom is -0.496 e. The van der Waals surface area contributed by atoms with Gasteiger partial charge in [0.15, 0.2) is 0 Å². The first-order valence-electron chi connectivity index (χ1n) is 10.3. The standard InChI is InChI=1S/C24H22BrN3O2S/c1-24(14-26)7-4-8-28(24)23(29)19-13-17(21-5-3-10-31-21)22-16-12-18(25)20(30-2)11-15(16)6-9-27(19)22/h3,5,10-13H,4,6-9H2,1-2H3/t24-/m1/s1. The van der Waals surface area contributed by atoms with E-state index in [0.29, 0.717) is 12.2 Å². The van der Waals surface area contributed by atoms with Crippen LogP contribution in [-0.4, -0.2) is 34.6 Å². The van der Waals surface area contributed by atoms with E-state index >= 15 is 0 Å². The number of likely N-dealkylation sites (tertiary alicyclic amines) is 1. The van der Waals surface area contributed by atoms with Gasteiger partial charge in [-0.25, -0.2) is 0 Å². The molecule has 4 heterocycles. The van der Waals surface area contributed by atoms with Gasteiger partial charge in [-0.2, -0.15) is 5.26 Å². The Morgan fingerprint density at radius 1 is 1.29 bits per heavy atom. The summed E-state index contributed by atoms with van der Waals surface area (Å²) in [5, 5.41) is 11.8. The Hall–Kier alpha value is -2.56. The van der Waals surface area contributed by atoms with Crippen molar-refractivity contribution in [3.63, 3.8) is 0 Å². The number of aryl methyl sites for hydroxylation is 1. The molecule has 3 aromatic rings. The molecule has 0 bridgehead atoms. The number of nitrogens with zero attached hydrogens (tertiary/aromatic N) is 3. The molecule has 0 spiro atoms. The summed E-state index contributed by atoms with van der Waals surface area (Å²) in [7, 11) is 1.67. The van der Waals surface area contributed by atoms with Crippen LogP contribution in [-0.2, 0) is 13.0 Å². The number of methoxy groups -OCH3 is 1. The summed E-state index contributed by atoms with van der Waals surface area (Å²) in [5.74, 6) is 0.760. The average molecular weight is 496 g/mol. The lowest BCUT2D eigenvalue weighted by Gasteiger charge is -2.30. The fourth-order valence-electron chi connectivity index (χ4n) is 4.82. The van der Waals surface area contributed by atoms with Crippen molar-refractivity contribution >= 4 is 33.2 Å². The predicted octanol–water partition coefficient (Wildman–Crippen LogP) is 5.73. The number of amides is 1. The number of aromatic nitrogens is 1. The monoisotopic (exact) mass is 495 g/mol. The first-order chi connectivity index (χ1) is 15.0. The number of thiophene rings is 1. The Morgan fingerprint density at radius 2 is 2.13 bits per heavy atom. The van der Waals surface area contributed by atoms with Crippen molar-refractivity contribution < 1.29 is 9.53 Å². The van der Waals surface area contributed by atoms with Crippen LogP contribution in [0.3, 0.4) is 0 Å². The topological polar surface area (TPSA) is 58.3 Å². The molecule has 0 unspecified atom stereocenters. The molecule has 1 saturated heterocycles. The summed E-state index contributed by atoms with van der Waals surface area (Å²) in [6, 6.07) is 12.7. The lowest BCUT2D eigenvalue weighted by atomic mass is 9.95. The number of hydrogen-bond donors (Lipinski definition) is 0. The molecule has 1 atom stereocenters. The zero-order chi connectivity index (χ0) is 21.8. The normalized spacial score (nSPS) is 19.6. The predicted molar refractivity (Wildman–Crippen MR) is 125 cm³/mol. The summed E-state index contributed by atoms with van der Waals surface area (Å²) >= 11 is 5.30. The number of benzene rings is 1. The van der Waals surface area contributed by atoms with Crippen LogP contribution >= 0.6 is 27.3 Å². The lowest BCUT2D eigenvalue weighted by Crippen LogP contribution is -2.44. The van der Waals surface area contributed by atoms with Crippen molar-refractivity contribution in [3.8, 4) is 33.5 Å². The maximum atomic E-state index is 13.7. The van der Waals surface area contributed by atoms with Gasteiger partial charge in [0.2, 0.25) is 0 Å². The van der Waals surface area contributed by atoms with Crippen molar-refractivity contribution in [3.05, 3.63) is 51.4 Å². The molecule has 1 fully saturated rings. The molecule has 2 aliphatic rings. The summed E-state index contributed by atoms with van der Waals surface area (Å²) in [5.41, 5.74) is 4.38. The molecule has 158 valence electrons. The third-order valence-corrected chi connectivity index (χ3v) is 7.99. The lowest BCUT2D eigenvalue weighted by molar-refractivity contribution is 0.0682. The maximum absolute atomic E-state index is 13.7. The molecular weight excluding hydrogens is 474 g/mol. The number of carbonyl (C=O) groups excluding carboxylic acids is 1. The van der Waals surface area contributed by atoms with Crippen molar-refractivity contribution in [1.29, 1.82) is 5.26 Å². The second-order valence-corrected chi connectivity index (χ2v) is 10.1. The van der Waals surface area contributed by atoms with E-state index in [-0.39, 0.29) is 5.91 Å². The van der Waals surface area contributed by atoms with Crippen LogP contribution in [0.2, 0.25) is 0 Å². The van der Waals surface area contributed by atoms with E-state index in [0.717, 1.165) is 57.7 Å². The molecule has 5 rings (SSSR count). The van der Waals surface area contributed by atoms with E-state index in [1.165, 1.54) is 5.56 Å². The molecule has 7 heteroatoms. The Balaban J connectivity index is 1.71. The molecular formula is C24H22BrN3O2S. The first kappa shape index (κ1) is 20.3. The van der Waals surface area contributed by atoms with Gasteiger partial charge in [0, 0.05) is 29.1 Å². The fraction of sp³-hybridized carbons (Fsp3) is 0.333. The van der Waals surface area contributed by atoms with Crippen molar-refractivity contribution in [2.75, 3.05) is 13.7 Å². The van der Waals surface area contributed by atoms with Gasteiger partial charge in [0.05, 0.1) is 23.3 Å². The highest BCUT2D eigenvalue weighted by Gasteiger charge is 2.42. The largest absolute Gasteiger partial charge is 0.496 e. The first-order valence-corrected chi connectivity index (χ1v) is 12.0. The van der Waals surface area contributed by atoms with E-state index in [2.05, 4.69) is 50.1 Å². The van der Waals surface area contributed by atoms with Crippen LogP contribution in [0.4, 0.5) is 0 Å². The summed E-state index contributed by atoms with van der Waals surface area (Å²) in [6.45, 7) is 3.21. The number of rotatable bonds is 3. The fourth-order valence-corrected chi connectivity index (χ4v) is 6.07. The van der Waals surface area contributed by atoms with Crippen LogP contribution in [0, 0.1) is 11.3 Å². The number of ether oxygens (including phenoxy) is 1. The number of fused-ring (bicyclic) bond motifs is 3. The second-order valence-electron chi connectivity index (χ2n) is 8.26. The van der Waals surface area contributed by atoms with Crippen LogP contribution in [0.1, 0.15) is 35.8 Å². The van der Waals surface area contributed by atoms with Gasteiger partial charge in [-0.15, -0.1) is 11.3 Å². The smallest absolute Gasteiger partial charge is 0.271 e. The third kappa shape index (κ3) is 3.12. The Morgan fingerprint density at radius 3 is 2.84 bits per heavy atom. The van der Waals surface area contributed by atoms with Crippen LogP contribution in [0.25, 0.3) is 21.7 Å². The van der Waals surface area contributed by atoms with E-state index < -0.39 is 5.54 Å². The zero-order valence-corrected chi connectivity index (χ0v) is 19.8. The van der Waals surface area contributed by atoms with Gasteiger partial charge < -0.3 is 14.2 Å². The van der Waals surface area contributed by atoms with E-state index in [1.807, 2.05) is 19.1 Å². The molecule has 2 aliphatic heterocycles. The number of carbonyl (C=O) groups is 1. The maximum Gasteiger partial charge on any atom is 0.271 e. The molecule has 5 nitrogen and oxygen atoms in total. The Labute approximate surface area is 194 Å². The van der Waals surface area contributed by atoms with Gasteiger partial charge in [0.1, 0.15) is 17.0 Å². The molecule has 0 N–H and O–H groups in total. The zero-order valence-electron chi connectivity index (χ0n) is 17.4. The van der Waals surface area contributed by atoms with Crippen molar-refractivity contribution in [1.82, 2.24) is 9.47 Å². The van der Waals surface area contributed by atoms with Gasteiger partial charge in [-0.05, 0) is 77.3 Å². The SMILES string of the molecule is COc1cc2c(cc1Br)-c1c(-c3cccs3)cc(C(=O)N3CCC[C@]3(C)C#N)n1CC2. The number of hydrogen-bond acceptors (Lipinski definition) is 4. The van der Waals surface area contributed by atoms with Gasteiger partial charge in [-0.1, -0.05) is 6.07 Å². The minimum atomic E-state index is -0.742. The van der Waals surface area contributed by atoms with E-state index in [4.69, 9.17) is 4.74 Å². The molecule has 0 radical (unpaired) electrons. The summed E-state index contributed by atoms with van der Waals surface area (Å²) in [6.07, 6.45) is 2.40. The molecule has 1 amide bonds. The van der Waals surface area contributed by atoms with E-state index in [9.17, 15) is 10.1 Å². The highest BCUT2D eigenvalue weighted by Crippen LogP contribution is 2.45. The summed E-state index contributed by atoms with van der Waals surface area (Å²) in [4.78, 5) is 16.6. The Bertz CT molecular complexity index is 1220. The van der Waals surface area contributed by atoms with Gasteiger partial charge in [-0.3, -0.25) is 4.79 Å². The molecule has 0 aliphatic carbocycles. The molecule has 1 aromatic carbocycles. The molecule has 31 heavy (non-hydrogen) atoms. The highest BCUT2D eigenvalue weighted by atomic mass is 79.9. The minimum absolute atomic E-state index is 0.0540. The van der Waals surface area contributed by atoms with Crippen LogP contribution in [0.5, 0.6) is 5.75 Å². The highest BCUT2D eigenvalue weighted by molar-refractivity contribution is 9.10. The number of halogens is 1. The number of nitriles is 1. The van der Waals surface area contributed by atoms with Crippen molar-refractivity contribution in [2.45, 2.75) is 38.3 Å². The van der Waals surface area contributed by atoms with Gasteiger partial charge in [0.25, 0.3) is 5.91 Å². The third-order valence-electron chi connectivity index (χ3n) is 6.47. The van der Waals surface area contributed by atoms with Crippen molar-refractivity contribution in [2.24, 2.45) is 0 Å². The summed E-state index contributed by atoms with van der Waals surface area (Å²) < 4.78 is 8.55. The van der Waals surface area contributed by atoms with E-state index in [1.54, 1.807) is 23.3 Å². The second kappa shape index (κ2) is 7.54. The Kier molecular flexibility index (Phi) is 4.95. The average Bonchev–Trinajstić information content (AvgIpc) is 3.51. The molecule has 2 aromatic heterocycles. The molecule has 0 saturated carbocycles. The van der Waals surface area contributed by atoms with Gasteiger partial charge >= 0.3 is 0 Å². The quantitative estimate of drug-likeness (QED) is 0.466. The van der Waals surface area contributed by atoms with Crippen LogP contribution in [0.15, 0.2) is 40.2 Å². The van der Waals surface area contributed by atoms with Crippen LogP contribution < -0.4 is 4.74 Å².